The molecule has 2 N–H and O–H groups in total. The van der Waals surface area contributed by atoms with E-state index >= 15 is 0 Å². The number of rotatable bonds is 14. The van der Waals surface area contributed by atoms with Crippen molar-refractivity contribution < 1.29 is 33.4 Å². The molecule has 2 saturated heterocycles. The Bertz CT molecular complexity index is 3240. The lowest BCUT2D eigenvalue weighted by Gasteiger charge is -2.35. The number of carbonyl (C=O) groups is 5. The maximum absolute atomic E-state index is 14.7. The van der Waals surface area contributed by atoms with Gasteiger partial charge in [-0.05, 0) is 96.0 Å². The highest BCUT2D eigenvalue weighted by atomic mass is 35.5. The maximum Gasteiger partial charge on any atom is 0.355 e. The van der Waals surface area contributed by atoms with Crippen molar-refractivity contribution in [3.05, 3.63) is 112 Å². The van der Waals surface area contributed by atoms with E-state index in [2.05, 4.69) is 43.3 Å². The van der Waals surface area contributed by atoms with Crippen molar-refractivity contribution in [3.63, 3.8) is 0 Å². The van der Waals surface area contributed by atoms with Crippen molar-refractivity contribution in [3.8, 4) is 16.9 Å². The van der Waals surface area contributed by atoms with Gasteiger partial charge < -0.3 is 28.8 Å². The van der Waals surface area contributed by atoms with E-state index in [0.717, 1.165) is 55.5 Å². The van der Waals surface area contributed by atoms with Crippen LogP contribution in [0.3, 0.4) is 0 Å². The van der Waals surface area contributed by atoms with E-state index in [1.54, 1.807) is 19.1 Å². The number of nitrogens with one attached hydrogen (secondary N) is 2. The molecule has 17 heteroatoms. The van der Waals surface area contributed by atoms with Gasteiger partial charge in [-0.25, -0.2) is 9.78 Å². The Kier molecular flexibility index (Phi) is 13.8. The molecule has 9 rings (SSSR count). The topological polar surface area (TPSA) is 175 Å². The molecule has 4 amide bonds. The molecule has 0 bridgehead atoms. The quantitative estimate of drug-likeness (QED) is 0.0632. The lowest BCUT2D eigenvalue weighted by Crippen LogP contribution is -2.52. The fraction of sp³-hybridized carbons (Fsp3) is 0.389. The van der Waals surface area contributed by atoms with Crippen LogP contribution < -0.4 is 15.4 Å². The third-order valence-corrected chi connectivity index (χ3v) is 13.9. The number of hydrogen-bond donors (Lipinski definition) is 2. The van der Waals surface area contributed by atoms with E-state index in [0.29, 0.717) is 86.3 Å². The van der Waals surface area contributed by atoms with Gasteiger partial charge in [0.05, 0.1) is 33.9 Å². The van der Waals surface area contributed by atoms with Crippen LogP contribution in [0.5, 0.6) is 5.75 Å². The Morgan fingerprint density at radius 2 is 1.62 bits per heavy atom. The molecule has 0 saturated carbocycles. The predicted octanol–water partition coefficient (Wildman–Crippen LogP) is 7.47. The average molecular weight is 983 g/mol. The number of halogens is 1. The van der Waals surface area contributed by atoms with Crippen molar-refractivity contribution >= 4 is 73.9 Å². The second-order valence-corrected chi connectivity index (χ2v) is 19.9. The number of amides is 4. The Morgan fingerprint density at radius 1 is 0.873 bits per heavy atom. The lowest BCUT2D eigenvalue weighted by atomic mass is 9.98. The van der Waals surface area contributed by atoms with Gasteiger partial charge in [-0.1, -0.05) is 60.1 Å². The summed E-state index contributed by atoms with van der Waals surface area (Å²) < 4.78 is 18.4. The minimum absolute atomic E-state index is 0.0294. The number of benzene rings is 4. The monoisotopic (exact) mass is 981 g/mol. The number of imidazole rings is 1. The number of esters is 1. The van der Waals surface area contributed by atoms with E-state index in [-0.39, 0.29) is 36.8 Å². The summed E-state index contributed by atoms with van der Waals surface area (Å²) in [6.07, 6.45) is 1.52. The smallest absolute Gasteiger partial charge is 0.355 e. The summed E-state index contributed by atoms with van der Waals surface area (Å²) in [5.41, 5.74) is 6.26. The second kappa shape index (κ2) is 20.0. The number of nitrogens with zero attached hydrogens (tertiary/aromatic N) is 7. The van der Waals surface area contributed by atoms with Crippen molar-refractivity contribution in [2.24, 2.45) is 7.05 Å². The van der Waals surface area contributed by atoms with Crippen molar-refractivity contribution in [2.45, 2.75) is 92.0 Å². The third kappa shape index (κ3) is 10.00. The van der Waals surface area contributed by atoms with Crippen LogP contribution in [-0.2, 0) is 45.7 Å². The van der Waals surface area contributed by atoms with Crippen LogP contribution in [0.4, 0.5) is 0 Å². The first-order chi connectivity index (χ1) is 34.0. The zero-order valence-electron chi connectivity index (χ0n) is 41.4. The first-order valence-electron chi connectivity index (χ1n) is 24.3. The molecular weight excluding hydrogens is 922 g/mol. The zero-order valence-corrected chi connectivity index (χ0v) is 42.1. The van der Waals surface area contributed by atoms with E-state index in [4.69, 9.17) is 26.2 Å². The van der Waals surface area contributed by atoms with Gasteiger partial charge in [0.2, 0.25) is 17.7 Å². The highest BCUT2D eigenvalue weighted by molar-refractivity contribution is 6.35. The van der Waals surface area contributed by atoms with Crippen LogP contribution >= 0.6 is 11.6 Å². The predicted molar refractivity (Wildman–Crippen MR) is 273 cm³/mol. The summed E-state index contributed by atoms with van der Waals surface area (Å²) in [5.74, 6) is -0.502. The number of aromatic nitrogens is 5. The van der Waals surface area contributed by atoms with Gasteiger partial charge in [-0.3, -0.25) is 34.1 Å². The Balaban J connectivity index is 0.955. The highest BCUT2D eigenvalue weighted by Gasteiger charge is 2.33. The molecule has 4 aromatic carbocycles. The number of carbonyl (C=O) groups excluding carboxylic acids is 5. The molecule has 1 unspecified atom stereocenters. The molecule has 2 aliphatic heterocycles. The number of para-hydroxylation sites is 1. The number of aryl methyl sites for hydroxylation is 4. The number of piperazine rings is 1. The molecule has 5 heterocycles. The molecule has 7 aromatic rings. The van der Waals surface area contributed by atoms with Gasteiger partial charge in [0.15, 0.2) is 0 Å². The van der Waals surface area contributed by atoms with Gasteiger partial charge in [-0.2, -0.15) is 5.10 Å². The molecule has 0 aliphatic carbocycles. The third-order valence-electron chi connectivity index (χ3n) is 13.6. The van der Waals surface area contributed by atoms with Gasteiger partial charge in [0, 0.05) is 80.3 Å². The molecule has 3 aromatic heterocycles. The van der Waals surface area contributed by atoms with E-state index < -0.39 is 29.4 Å². The average Bonchev–Trinajstić information content (AvgIpc) is 3.92. The zero-order chi connectivity index (χ0) is 50.3. The molecule has 0 radical (unpaired) electrons. The number of hydrogen-bond acceptors (Lipinski definition) is 10. The van der Waals surface area contributed by atoms with Crippen LogP contribution in [0.25, 0.3) is 43.8 Å². The van der Waals surface area contributed by atoms with Gasteiger partial charge >= 0.3 is 5.97 Å². The lowest BCUT2D eigenvalue weighted by molar-refractivity contribution is -0.135. The molecule has 16 nitrogen and oxygen atoms in total. The van der Waals surface area contributed by atoms with Crippen LogP contribution in [0.2, 0.25) is 5.02 Å². The van der Waals surface area contributed by atoms with E-state index in [1.807, 2.05) is 98.3 Å². The van der Waals surface area contributed by atoms with Crippen LogP contribution in [0, 0.1) is 20.8 Å². The summed E-state index contributed by atoms with van der Waals surface area (Å²) in [6, 6.07) is 22.5. The minimum Gasteiger partial charge on any atom is -0.493 e. The van der Waals surface area contributed by atoms with Gasteiger partial charge in [0.1, 0.15) is 41.0 Å². The Labute approximate surface area is 417 Å². The molecule has 2 fully saturated rings. The fourth-order valence-corrected chi connectivity index (χ4v) is 10.3. The molecule has 2 aliphatic rings. The van der Waals surface area contributed by atoms with E-state index in [1.165, 1.54) is 0 Å². The number of ether oxygens (including phenoxy) is 2. The van der Waals surface area contributed by atoms with Gasteiger partial charge in [0.25, 0.3) is 5.91 Å². The summed E-state index contributed by atoms with van der Waals surface area (Å²) in [7, 11) is 1.92. The number of fused-ring (bicyclic) bond motifs is 3. The number of imide groups is 1. The molecule has 1 atom stereocenters. The Morgan fingerprint density at radius 3 is 2.35 bits per heavy atom. The van der Waals surface area contributed by atoms with Crippen molar-refractivity contribution in [1.82, 2.24) is 44.3 Å². The van der Waals surface area contributed by atoms with Crippen molar-refractivity contribution in [1.29, 1.82) is 0 Å². The van der Waals surface area contributed by atoms with Crippen molar-refractivity contribution in [2.75, 3.05) is 39.3 Å². The molecule has 370 valence electrons. The first-order valence-corrected chi connectivity index (χ1v) is 24.6. The SMILES string of the molecule is Cc1nn(C)c(C)c1-c1c(Cl)ccc2c(CCCOc3cccc4ccccc34)c(C(=O)OC(C)(C)C)n(CCN3CCN(C(=O)Cn4c(C)nc5c(C(=O)NC6CCC(=O)NC6=O)cccc54)CC3)c12. The summed E-state index contributed by atoms with van der Waals surface area (Å²) in [6.45, 7) is 15.1. The van der Waals surface area contributed by atoms with Crippen LogP contribution in [-0.4, -0.2) is 114 Å². The van der Waals surface area contributed by atoms with Crippen LogP contribution in [0.15, 0.2) is 72.8 Å². The maximum atomic E-state index is 14.7. The summed E-state index contributed by atoms with van der Waals surface area (Å²) >= 11 is 7.23. The normalized spacial score (nSPS) is 15.7. The molecule has 0 spiro atoms. The Hall–Kier alpha value is -7.04. The fourth-order valence-electron chi connectivity index (χ4n) is 10.1. The molecular formula is C54H60ClN9O7. The van der Waals surface area contributed by atoms with Gasteiger partial charge in [-0.15, -0.1) is 0 Å². The van der Waals surface area contributed by atoms with Crippen LogP contribution in [0.1, 0.15) is 83.7 Å². The largest absolute Gasteiger partial charge is 0.493 e. The summed E-state index contributed by atoms with van der Waals surface area (Å²) in [5, 5.41) is 13.4. The first kappa shape index (κ1) is 49.0. The molecule has 71 heavy (non-hydrogen) atoms. The highest BCUT2D eigenvalue weighted by Crippen LogP contribution is 2.42. The minimum atomic E-state index is -0.833. The summed E-state index contributed by atoms with van der Waals surface area (Å²) in [4.78, 5) is 74.9. The standard InChI is InChI=1S/C54H60ClN9O7/c1-32-46(33(2)60(7)59-32)47-40(55)21-20-38-37(17-12-30-70-43-19-10-14-35-13-8-9-15-36(35)43)50(53(69)71-54(4,5)6)63(49(38)47)29-26-61-24-27-62(28-25-61)45(66)31-64-34(3)56-48-39(16-11-18-42(48)64)51(67)57-41-22-23-44(65)58-52(41)68/h8-11,13-16,18-21,41H,12,17,22-31H2,1-7H3,(H,57,67)(H,58,65,68). The second-order valence-electron chi connectivity index (χ2n) is 19.5. The number of piperidine rings is 1. The van der Waals surface area contributed by atoms with E-state index in [9.17, 15) is 24.0 Å².